The lowest BCUT2D eigenvalue weighted by molar-refractivity contribution is -0.123. The lowest BCUT2D eigenvalue weighted by atomic mass is 10.2. The van der Waals surface area contributed by atoms with E-state index < -0.39 is 0 Å². The second kappa shape index (κ2) is 8.49. The van der Waals surface area contributed by atoms with E-state index in [1.54, 1.807) is 24.3 Å². The molecule has 118 valence electrons. The SMILES string of the molecule is CC(C)(C)Oc1ccc(NC(=O)CNC(=O)CN)cc1.Cl. The van der Waals surface area contributed by atoms with E-state index in [0.717, 1.165) is 5.75 Å². The molecule has 0 aromatic heterocycles. The van der Waals surface area contributed by atoms with Gasteiger partial charge in [-0.3, -0.25) is 9.59 Å². The largest absolute Gasteiger partial charge is 0.488 e. The summed E-state index contributed by atoms with van der Waals surface area (Å²) in [7, 11) is 0. The van der Waals surface area contributed by atoms with Crippen LogP contribution in [0.5, 0.6) is 5.75 Å². The van der Waals surface area contributed by atoms with Crippen LogP contribution in [0.2, 0.25) is 0 Å². The summed E-state index contributed by atoms with van der Waals surface area (Å²) in [6, 6.07) is 7.03. The smallest absolute Gasteiger partial charge is 0.243 e. The Bertz CT molecular complexity index is 469. The van der Waals surface area contributed by atoms with E-state index in [4.69, 9.17) is 10.5 Å². The maximum Gasteiger partial charge on any atom is 0.243 e. The van der Waals surface area contributed by atoms with Gasteiger partial charge >= 0.3 is 0 Å². The fourth-order valence-electron chi connectivity index (χ4n) is 1.42. The van der Waals surface area contributed by atoms with Crippen molar-refractivity contribution in [1.82, 2.24) is 5.32 Å². The standard InChI is InChI=1S/C14H21N3O3.ClH/c1-14(2,3)20-11-6-4-10(5-7-11)17-13(19)9-16-12(18)8-15;/h4-7H,8-9,15H2,1-3H3,(H,16,18)(H,17,19);1H. The van der Waals surface area contributed by atoms with Gasteiger partial charge < -0.3 is 21.1 Å². The van der Waals surface area contributed by atoms with Gasteiger partial charge in [-0.1, -0.05) is 0 Å². The van der Waals surface area contributed by atoms with Crippen molar-refractivity contribution in [3.05, 3.63) is 24.3 Å². The summed E-state index contributed by atoms with van der Waals surface area (Å²) in [5.74, 6) is 0.0531. The molecule has 0 unspecified atom stereocenters. The number of hydrogen-bond donors (Lipinski definition) is 3. The molecule has 0 aliphatic heterocycles. The van der Waals surface area contributed by atoms with Gasteiger partial charge in [-0.2, -0.15) is 0 Å². The average Bonchev–Trinajstić information content (AvgIpc) is 2.36. The van der Waals surface area contributed by atoms with Crippen LogP contribution >= 0.6 is 12.4 Å². The average molecular weight is 316 g/mol. The minimum atomic E-state index is -0.367. The first-order valence-electron chi connectivity index (χ1n) is 6.36. The molecule has 0 heterocycles. The van der Waals surface area contributed by atoms with Gasteiger partial charge in [-0.05, 0) is 45.0 Å². The number of nitrogens with one attached hydrogen (secondary N) is 2. The van der Waals surface area contributed by atoms with E-state index in [1.807, 2.05) is 20.8 Å². The van der Waals surface area contributed by atoms with Crippen molar-refractivity contribution < 1.29 is 14.3 Å². The zero-order valence-electron chi connectivity index (χ0n) is 12.4. The third-order valence-electron chi connectivity index (χ3n) is 2.19. The molecular weight excluding hydrogens is 294 g/mol. The molecule has 6 nitrogen and oxygen atoms in total. The molecule has 1 aromatic rings. The van der Waals surface area contributed by atoms with Crippen molar-refractivity contribution in [2.45, 2.75) is 26.4 Å². The van der Waals surface area contributed by atoms with Crippen LogP contribution in [-0.2, 0) is 9.59 Å². The van der Waals surface area contributed by atoms with Gasteiger partial charge in [-0.15, -0.1) is 12.4 Å². The maximum absolute atomic E-state index is 11.5. The van der Waals surface area contributed by atoms with Crippen LogP contribution in [0.15, 0.2) is 24.3 Å². The number of amides is 2. The van der Waals surface area contributed by atoms with Crippen molar-refractivity contribution in [3.8, 4) is 5.75 Å². The predicted octanol–water partition coefficient (Wildman–Crippen LogP) is 1.30. The number of anilines is 1. The molecule has 0 bridgehead atoms. The zero-order chi connectivity index (χ0) is 15.2. The number of benzene rings is 1. The van der Waals surface area contributed by atoms with Gasteiger partial charge in [0.05, 0.1) is 13.1 Å². The lowest BCUT2D eigenvalue weighted by Crippen LogP contribution is -2.36. The fourth-order valence-corrected chi connectivity index (χ4v) is 1.42. The fraction of sp³-hybridized carbons (Fsp3) is 0.429. The summed E-state index contributed by atoms with van der Waals surface area (Å²) in [6.07, 6.45) is 0. The molecule has 0 saturated carbocycles. The van der Waals surface area contributed by atoms with Crippen LogP contribution in [0.1, 0.15) is 20.8 Å². The number of ether oxygens (including phenoxy) is 1. The highest BCUT2D eigenvalue weighted by atomic mass is 35.5. The summed E-state index contributed by atoms with van der Waals surface area (Å²) in [5.41, 5.74) is 5.49. The number of halogens is 1. The van der Waals surface area contributed by atoms with Crippen molar-refractivity contribution >= 4 is 29.9 Å². The van der Waals surface area contributed by atoms with Gasteiger partial charge in [0.1, 0.15) is 11.4 Å². The van der Waals surface area contributed by atoms with E-state index in [1.165, 1.54) is 0 Å². The Balaban J connectivity index is 0.00000400. The van der Waals surface area contributed by atoms with Crippen LogP contribution in [-0.4, -0.2) is 30.5 Å². The first-order chi connectivity index (χ1) is 9.30. The maximum atomic E-state index is 11.5. The van der Waals surface area contributed by atoms with Crippen molar-refractivity contribution in [1.29, 1.82) is 0 Å². The molecule has 7 heteroatoms. The molecule has 0 aliphatic rings. The third kappa shape index (κ3) is 8.16. The van der Waals surface area contributed by atoms with Crippen LogP contribution in [0, 0.1) is 0 Å². The Labute approximate surface area is 130 Å². The zero-order valence-corrected chi connectivity index (χ0v) is 13.3. The molecule has 0 radical (unpaired) electrons. The molecule has 0 atom stereocenters. The monoisotopic (exact) mass is 315 g/mol. The Morgan fingerprint density at radius 3 is 2.19 bits per heavy atom. The van der Waals surface area contributed by atoms with Gasteiger partial charge in [0, 0.05) is 5.69 Å². The van der Waals surface area contributed by atoms with Crippen LogP contribution in [0.4, 0.5) is 5.69 Å². The molecule has 4 N–H and O–H groups in total. The summed E-state index contributed by atoms with van der Waals surface area (Å²) < 4.78 is 5.67. The Hall–Kier alpha value is -1.79. The highest BCUT2D eigenvalue weighted by molar-refractivity contribution is 5.94. The van der Waals surface area contributed by atoms with Crippen molar-refractivity contribution in [2.75, 3.05) is 18.4 Å². The first kappa shape index (κ1) is 19.2. The topological polar surface area (TPSA) is 93.5 Å². The van der Waals surface area contributed by atoms with Gasteiger partial charge in [0.2, 0.25) is 11.8 Å². The molecule has 0 spiro atoms. The minimum absolute atomic E-state index is 0. The summed E-state index contributed by atoms with van der Waals surface area (Å²) >= 11 is 0. The molecule has 2 amide bonds. The van der Waals surface area contributed by atoms with Crippen molar-refractivity contribution in [3.63, 3.8) is 0 Å². The summed E-state index contributed by atoms with van der Waals surface area (Å²) in [4.78, 5) is 22.5. The van der Waals surface area contributed by atoms with E-state index in [0.29, 0.717) is 5.69 Å². The van der Waals surface area contributed by atoms with Crippen LogP contribution in [0.3, 0.4) is 0 Å². The van der Waals surface area contributed by atoms with E-state index in [-0.39, 0.29) is 42.9 Å². The number of rotatable bonds is 5. The Morgan fingerprint density at radius 2 is 1.71 bits per heavy atom. The van der Waals surface area contributed by atoms with E-state index in [2.05, 4.69) is 10.6 Å². The normalized spacial score (nSPS) is 10.3. The van der Waals surface area contributed by atoms with Gasteiger partial charge in [0.25, 0.3) is 0 Å². The minimum Gasteiger partial charge on any atom is -0.488 e. The molecule has 21 heavy (non-hydrogen) atoms. The van der Waals surface area contributed by atoms with Crippen LogP contribution < -0.4 is 21.1 Å². The molecule has 1 rings (SSSR count). The first-order valence-corrected chi connectivity index (χ1v) is 6.36. The molecule has 0 fully saturated rings. The predicted molar refractivity (Wildman–Crippen MR) is 84.8 cm³/mol. The lowest BCUT2D eigenvalue weighted by Gasteiger charge is -2.21. The number of hydrogen-bond acceptors (Lipinski definition) is 4. The van der Waals surface area contributed by atoms with Crippen LogP contribution in [0.25, 0.3) is 0 Å². The van der Waals surface area contributed by atoms with Gasteiger partial charge in [0.15, 0.2) is 0 Å². The molecular formula is C14H22ClN3O3. The Morgan fingerprint density at radius 1 is 1.14 bits per heavy atom. The van der Waals surface area contributed by atoms with Crippen molar-refractivity contribution in [2.24, 2.45) is 5.73 Å². The van der Waals surface area contributed by atoms with E-state index >= 15 is 0 Å². The van der Waals surface area contributed by atoms with Gasteiger partial charge in [-0.25, -0.2) is 0 Å². The second-order valence-corrected chi connectivity index (χ2v) is 5.27. The summed E-state index contributed by atoms with van der Waals surface area (Å²) in [6.45, 7) is 5.65. The highest BCUT2D eigenvalue weighted by Crippen LogP contribution is 2.20. The third-order valence-corrected chi connectivity index (χ3v) is 2.19. The number of carbonyl (C=O) groups excluding carboxylic acids is 2. The Kier molecular flexibility index (Phi) is 7.76. The molecule has 0 aliphatic carbocycles. The summed E-state index contributed by atoms with van der Waals surface area (Å²) in [5, 5.41) is 5.06. The van der Waals surface area contributed by atoms with E-state index in [9.17, 15) is 9.59 Å². The highest BCUT2D eigenvalue weighted by Gasteiger charge is 2.11. The molecule has 0 saturated heterocycles. The number of carbonyl (C=O) groups is 2. The quantitative estimate of drug-likeness (QED) is 0.763. The molecule has 1 aromatic carbocycles. The second-order valence-electron chi connectivity index (χ2n) is 5.27. The number of nitrogens with two attached hydrogens (primary N) is 1.